The summed E-state index contributed by atoms with van der Waals surface area (Å²) in [5.74, 6) is 1.72. The van der Waals surface area contributed by atoms with Crippen molar-refractivity contribution in [2.24, 2.45) is 10.9 Å². The van der Waals surface area contributed by atoms with Crippen molar-refractivity contribution >= 4 is 39.8 Å². The molecule has 1 unspecified atom stereocenters. The maximum absolute atomic E-state index is 11.4. The van der Waals surface area contributed by atoms with Crippen LogP contribution >= 0.6 is 24.0 Å². The molecule has 0 saturated carbocycles. The lowest BCUT2D eigenvalue weighted by Gasteiger charge is -2.21. The SMILES string of the molecule is C=CCNC(=NCC1CCS(=O)(=O)C1)N1CCCC1.I. The summed E-state index contributed by atoms with van der Waals surface area (Å²) in [5.41, 5.74) is 0. The average molecular weight is 413 g/mol. The number of halogens is 1. The first-order chi connectivity index (χ1) is 9.11. The second-order valence-corrected chi connectivity index (χ2v) is 7.53. The predicted molar refractivity (Wildman–Crippen MR) is 93.5 cm³/mol. The number of sulfone groups is 1. The van der Waals surface area contributed by atoms with Gasteiger partial charge in [-0.25, -0.2) is 8.42 Å². The van der Waals surface area contributed by atoms with Gasteiger partial charge in [-0.15, -0.1) is 30.6 Å². The van der Waals surface area contributed by atoms with Crippen molar-refractivity contribution in [3.63, 3.8) is 0 Å². The van der Waals surface area contributed by atoms with E-state index in [2.05, 4.69) is 21.8 Å². The third kappa shape index (κ3) is 5.23. The van der Waals surface area contributed by atoms with E-state index < -0.39 is 9.84 Å². The molecule has 0 spiro atoms. The van der Waals surface area contributed by atoms with Crippen LogP contribution in [0.15, 0.2) is 17.6 Å². The van der Waals surface area contributed by atoms with E-state index in [0.717, 1.165) is 25.5 Å². The topological polar surface area (TPSA) is 61.8 Å². The van der Waals surface area contributed by atoms with Gasteiger partial charge in [-0.3, -0.25) is 4.99 Å². The zero-order valence-electron chi connectivity index (χ0n) is 11.8. The molecule has 2 heterocycles. The molecule has 7 heteroatoms. The Bertz CT molecular complexity index is 445. The van der Waals surface area contributed by atoms with Gasteiger partial charge in [-0.1, -0.05) is 6.08 Å². The molecule has 0 aliphatic carbocycles. The van der Waals surface area contributed by atoms with E-state index >= 15 is 0 Å². The number of hydrogen-bond acceptors (Lipinski definition) is 3. The van der Waals surface area contributed by atoms with Crippen molar-refractivity contribution in [2.75, 3.05) is 37.7 Å². The molecule has 0 bridgehead atoms. The minimum absolute atomic E-state index is 0. The summed E-state index contributed by atoms with van der Waals surface area (Å²) in [6, 6.07) is 0. The Balaban J connectivity index is 0.00000200. The molecule has 0 amide bonds. The van der Waals surface area contributed by atoms with E-state index in [4.69, 9.17) is 0 Å². The minimum Gasteiger partial charge on any atom is -0.353 e. The molecule has 0 aromatic carbocycles. The summed E-state index contributed by atoms with van der Waals surface area (Å²) < 4.78 is 22.9. The lowest BCUT2D eigenvalue weighted by atomic mass is 10.1. The van der Waals surface area contributed by atoms with Crippen LogP contribution in [-0.4, -0.2) is 57.0 Å². The molecule has 5 nitrogen and oxygen atoms in total. The van der Waals surface area contributed by atoms with Crippen LogP contribution in [0.3, 0.4) is 0 Å². The molecule has 20 heavy (non-hydrogen) atoms. The molecular weight excluding hydrogens is 389 g/mol. The van der Waals surface area contributed by atoms with Crippen molar-refractivity contribution < 1.29 is 8.42 Å². The van der Waals surface area contributed by atoms with Gasteiger partial charge in [0.25, 0.3) is 0 Å². The minimum atomic E-state index is -2.80. The van der Waals surface area contributed by atoms with Crippen molar-refractivity contribution in [3.05, 3.63) is 12.7 Å². The van der Waals surface area contributed by atoms with E-state index in [1.165, 1.54) is 12.8 Å². The molecule has 2 rings (SSSR count). The molecule has 0 aromatic heterocycles. The van der Waals surface area contributed by atoms with E-state index in [1.807, 2.05) is 6.08 Å². The number of rotatable bonds is 4. The Kier molecular flexibility index (Phi) is 7.28. The quantitative estimate of drug-likeness (QED) is 0.326. The number of guanidine groups is 1. The Labute approximate surface area is 138 Å². The average Bonchev–Trinajstić information content (AvgIpc) is 2.99. The Hall–Kier alpha value is -0.310. The lowest BCUT2D eigenvalue weighted by molar-refractivity contribution is 0.490. The molecule has 2 fully saturated rings. The lowest BCUT2D eigenvalue weighted by Crippen LogP contribution is -2.40. The second-order valence-electron chi connectivity index (χ2n) is 5.30. The molecular formula is C13H24IN3O2S. The van der Waals surface area contributed by atoms with Crippen LogP contribution in [0.4, 0.5) is 0 Å². The highest BCUT2D eigenvalue weighted by Gasteiger charge is 2.27. The van der Waals surface area contributed by atoms with Crippen molar-refractivity contribution in [1.29, 1.82) is 0 Å². The summed E-state index contributed by atoms with van der Waals surface area (Å²) >= 11 is 0. The first-order valence-corrected chi connectivity index (χ1v) is 8.77. The number of nitrogens with zero attached hydrogens (tertiary/aromatic N) is 2. The molecule has 116 valence electrons. The van der Waals surface area contributed by atoms with Crippen LogP contribution in [0.1, 0.15) is 19.3 Å². The Morgan fingerprint density at radius 3 is 2.65 bits per heavy atom. The normalized spacial score (nSPS) is 25.3. The highest BCUT2D eigenvalue weighted by atomic mass is 127. The van der Waals surface area contributed by atoms with Crippen LogP contribution in [0.25, 0.3) is 0 Å². The molecule has 0 aromatic rings. The Morgan fingerprint density at radius 2 is 2.10 bits per heavy atom. The Morgan fingerprint density at radius 1 is 1.40 bits per heavy atom. The maximum atomic E-state index is 11.4. The fraction of sp³-hybridized carbons (Fsp3) is 0.769. The molecule has 2 aliphatic heterocycles. The van der Waals surface area contributed by atoms with Gasteiger partial charge in [-0.05, 0) is 25.2 Å². The second kappa shape index (κ2) is 8.21. The van der Waals surface area contributed by atoms with Crippen molar-refractivity contribution in [2.45, 2.75) is 19.3 Å². The van der Waals surface area contributed by atoms with Gasteiger partial charge in [0, 0.05) is 26.2 Å². The van der Waals surface area contributed by atoms with Crippen molar-refractivity contribution in [1.82, 2.24) is 10.2 Å². The van der Waals surface area contributed by atoms with Crippen LogP contribution < -0.4 is 5.32 Å². The largest absolute Gasteiger partial charge is 0.353 e. The summed E-state index contributed by atoms with van der Waals surface area (Å²) in [4.78, 5) is 6.85. The molecule has 2 saturated heterocycles. The fourth-order valence-electron chi connectivity index (χ4n) is 2.59. The van der Waals surface area contributed by atoms with Gasteiger partial charge >= 0.3 is 0 Å². The van der Waals surface area contributed by atoms with Crippen LogP contribution in [0.5, 0.6) is 0 Å². The predicted octanol–water partition coefficient (Wildman–Crippen LogP) is 1.27. The van der Waals surface area contributed by atoms with Gasteiger partial charge in [0.15, 0.2) is 15.8 Å². The molecule has 1 N–H and O–H groups in total. The monoisotopic (exact) mass is 413 g/mol. The zero-order valence-corrected chi connectivity index (χ0v) is 14.9. The third-order valence-corrected chi connectivity index (χ3v) is 5.47. The van der Waals surface area contributed by atoms with Crippen molar-refractivity contribution in [3.8, 4) is 0 Å². The third-order valence-electron chi connectivity index (χ3n) is 3.64. The highest BCUT2D eigenvalue weighted by Crippen LogP contribution is 2.18. The highest BCUT2D eigenvalue weighted by molar-refractivity contribution is 14.0. The summed E-state index contributed by atoms with van der Waals surface area (Å²) in [6.07, 6.45) is 4.96. The zero-order chi connectivity index (χ0) is 13.7. The van der Waals surface area contributed by atoms with Gasteiger partial charge in [0.1, 0.15) is 0 Å². The number of aliphatic imine (C=N–C) groups is 1. The molecule has 1 atom stereocenters. The number of nitrogens with one attached hydrogen (secondary N) is 1. The van der Waals surface area contributed by atoms with Gasteiger partial charge < -0.3 is 10.2 Å². The fourth-order valence-corrected chi connectivity index (χ4v) is 4.44. The summed E-state index contributed by atoms with van der Waals surface area (Å²) in [6.45, 7) is 7.07. The summed E-state index contributed by atoms with van der Waals surface area (Å²) in [7, 11) is -2.80. The first-order valence-electron chi connectivity index (χ1n) is 6.95. The summed E-state index contributed by atoms with van der Waals surface area (Å²) in [5, 5.41) is 3.26. The van der Waals surface area contributed by atoms with Crippen LogP contribution in [0, 0.1) is 5.92 Å². The van der Waals surface area contributed by atoms with Crippen LogP contribution in [0.2, 0.25) is 0 Å². The van der Waals surface area contributed by atoms with Gasteiger partial charge in [-0.2, -0.15) is 0 Å². The first kappa shape index (κ1) is 17.7. The van der Waals surface area contributed by atoms with E-state index in [1.54, 1.807) is 0 Å². The smallest absolute Gasteiger partial charge is 0.194 e. The van der Waals surface area contributed by atoms with Gasteiger partial charge in [0.05, 0.1) is 11.5 Å². The standard InChI is InChI=1S/C13H23N3O2S.HI/c1-2-6-14-13(16-7-3-4-8-16)15-10-12-5-9-19(17,18)11-12;/h2,12H,1,3-11H2,(H,14,15);1H. The van der Waals surface area contributed by atoms with Gasteiger partial charge in [0.2, 0.25) is 0 Å². The van der Waals surface area contributed by atoms with E-state index in [-0.39, 0.29) is 29.9 Å². The van der Waals surface area contributed by atoms with Crippen LogP contribution in [-0.2, 0) is 9.84 Å². The maximum Gasteiger partial charge on any atom is 0.194 e. The number of hydrogen-bond donors (Lipinski definition) is 1. The molecule has 2 aliphatic rings. The van der Waals surface area contributed by atoms with E-state index in [0.29, 0.717) is 24.6 Å². The van der Waals surface area contributed by atoms with E-state index in [9.17, 15) is 8.42 Å². The molecule has 0 radical (unpaired) electrons. The number of likely N-dealkylation sites (tertiary alicyclic amines) is 1.